The molecule has 0 bridgehead atoms. The van der Waals surface area contributed by atoms with Gasteiger partial charge in [-0.1, -0.05) is 6.07 Å². The van der Waals surface area contributed by atoms with E-state index in [0.717, 1.165) is 5.56 Å². The van der Waals surface area contributed by atoms with Crippen LogP contribution in [0.15, 0.2) is 24.5 Å². The normalized spacial score (nSPS) is 9.79. The molecule has 76 valence electrons. The third-order valence-electron chi connectivity index (χ3n) is 1.80. The lowest BCUT2D eigenvalue weighted by Crippen LogP contribution is -2.26. The Morgan fingerprint density at radius 1 is 1.57 bits per heavy atom. The van der Waals surface area contributed by atoms with Crippen LogP contribution in [0, 0.1) is 0 Å². The number of aromatic nitrogens is 1. The van der Waals surface area contributed by atoms with Gasteiger partial charge in [-0.05, 0) is 18.1 Å². The number of aliphatic hydroxyl groups is 1. The largest absolute Gasteiger partial charge is 0.395 e. The van der Waals surface area contributed by atoms with Gasteiger partial charge in [-0.3, -0.25) is 9.78 Å². The summed E-state index contributed by atoms with van der Waals surface area (Å²) in [4.78, 5) is 15.1. The summed E-state index contributed by atoms with van der Waals surface area (Å²) in [5.74, 6) is -0.0390. The second kappa shape index (κ2) is 6.10. The molecule has 0 aromatic carbocycles. The number of aryl methyl sites for hydroxylation is 1. The molecule has 2 N–H and O–H groups in total. The van der Waals surface area contributed by atoms with Gasteiger partial charge in [0.1, 0.15) is 0 Å². The van der Waals surface area contributed by atoms with E-state index in [1.54, 1.807) is 12.4 Å². The molecule has 0 saturated heterocycles. The fraction of sp³-hybridized carbons (Fsp3) is 0.400. The zero-order chi connectivity index (χ0) is 10.2. The molecule has 0 spiro atoms. The highest BCUT2D eigenvalue weighted by atomic mass is 16.3. The zero-order valence-corrected chi connectivity index (χ0v) is 7.94. The first-order valence-corrected chi connectivity index (χ1v) is 4.59. The Bertz CT molecular complexity index is 275. The number of carbonyl (C=O) groups is 1. The number of hydrogen-bond donors (Lipinski definition) is 2. The van der Waals surface area contributed by atoms with Gasteiger partial charge in [0, 0.05) is 25.4 Å². The lowest BCUT2D eigenvalue weighted by Gasteiger charge is -2.02. The molecule has 1 rings (SSSR count). The van der Waals surface area contributed by atoms with Crippen LogP contribution in [0.5, 0.6) is 0 Å². The molecule has 4 nitrogen and oxygen atoms in total. The number of carbonyl (C=O) groups excluding carboxylic acids is 1. The topological polar surface area (TPSA) is 62.2 Å². The summed E-state index contributed by atoms with van der Waals surface area (Å²) in [5, 5.41) is 11.1. The lowest BCUT2D eigenvalue weighted by atomic mass is 10.1. The van der Waals surface area contributed by atoms with Gasteiger partial charge in [-0.2, -0.15) is 0 Å². The molecule has 1 heterocycles. The van der Waals surface area contributed by atoms with Gasteiger partial charge in [0.2, 0.25) is 5.91 Å². The summed E-state index contributed by atoms with van der Waals surface area (Å²) >= 11 is 0. The third-order valence-corrected chi connectivity index (χ3v) is 1.80. The van der Waals surface area contributed by atoms with Crippen LogP contribution in [-0.4, -0.2) is 29.1 Å². The average molecular weight is 194 g/mol. The van der Waals surface area contributed by atoms with Gasteiger partial charge in [0.25, 0.3) is 0 Å². The standard InChI is InChI=1S/C10H14N2O2/c13-7-6-12-10(14)4-3-9-2-1-5-11-8-9/h1-2,5,8,13H,3-4,6-7H2,(H,12,14). The molecule has 0 aliphatic rings. The number of pyridine rings is 1. The molecule has 14 heavy (non-hydrogen) atoms. The van der Waals surface area contributed by atoms with Gasteiger partial charge in [0.05, 0.1) is 6.61 Å². The Morgan fingerprint density at radius 2 is 2.43 bits per heavy atom. The molecule has 0 radical (unpaired) electrons. The second-order valence-corrected chi connectivity index (χ2v) is 2.93. The summed E-state index contributed by atoms with van der Waals surface area (Å²) in [7, 11) is 0. The fourth-order valence-electron chi connectivity index (χ4n) is 1.09. The van der Waals surface area contributed by atoms with Gasteiger partial charge < -0.3 is 10.4 Å². The predicted molar refractivity (Wildman–Crippen MR) is 52.7 cm³/mol. The van der Waals surface area contributed by atoms with E-state index in [9.17, 15) is 4.79 Å². The predicted octanol–water partition coefficient (Wildman–Crippen LogP) is 0.123. The van der Waals surface area contributed by atoms with E-state index in [2.05, 4.69) is 10.3 Å². The van der Waals surface area contributed by atoms with E-state index in [1.165, 1.54) is 0 Å². The van der Waals surface area contributed by atoms with Crippen molar-refractivity contribution in [3.05, 3.63) is 30.1 Å². The molecule has 1 aromatic rings. The fourth-order valence-corrected chi connectivity index (χ4v) is 1.09. The van der Waals surface area contributed by atoms with E-state index in [0.29, 0.717) is 19.4 Å². The third kappa shape index (κ3) is 4.00. The van der Waals surface area contributed by atoms with Crippen LogP contribution in [0.2, 0.25) is 0 Å². The van der Waals surface area contributed by atoms with Gasteiger partial charge in [-0.15, -0.1) is 0 Å². The minimum absolute atomic E-state index is 0.0152. The molecule has 1 aromatic heterocycles. The molecule has 0 atom stereocenters. The van der Waals surface area contributed by atoms with Crippen molar-refractivity contribution in [2.24, 2.45) is 0 Å². The van der Waals surface area contributed by atoms with E-state index in [1.807, 2.05) is 12.1 Å². The highest BCUT2D eigenvalue weighted by Gasteiger charge is 2.00. The zero-order valence-electron chi connectivity index (χ0n) is 7.94. The minimum atomic E-state index is -0.0390. The number of nitrogens with zero attached hydrogens (tertiary/aromatic N) is 1. The minimum Gasteiger partial charge on any atom is -0.395 e. The van der Waals surface area contributed by atoms with E-state index in [-0.39, 0.29) is 12.5 Å². The molecule has 0 unspecified atom stereocenters. The molecular formula is C10H14N2O2. The summed E-state index contributed by atoms with van der Waals surface area (Å²) in [6.07, 6.45) is 4.57. The van der Waals surface area contributed by atoms with Crippen LogP contribution in [0.3, 0.4) is 0 Å². The number of amides is 1. The van der Waals surface area contributed by atoms with Crippen molar-refractivity contribution in [1.29, 1.82) is 0 Å². The smallest absolute Gasteiger partial charge is 0.220 e. The van der Waals surface area contributed by atoms with Crippen LogP contribution < -0.4 is 5.32 Å². The van der Waals surface area contributed by atoms with Crippen molar-refractivity contribution in [3.8, 4) is 0 Å². The lowest BCUT2D eigenvalue weighted by molar-refractivity contribution is -0.121. The SMILES string of the molecule is O=C(CCc1cccnc1)NCCO. The highest BCUT2D eigenvalue weighted by molar-refractivity contribution is 5.76. The van der Waals surface area contributed by atoms with Crippen LogP contribution in [0.1, 0.15) is 12.0 Å². The van der Waals surface area contributed by atoms with Crippen LogP contribution >= 0.6 is 0 Å². The first-order chi connectivity index (χ1) is 6.83. The maximum absolute atomic E-state index is 11.1. The molecule has 0 saturated carbocycles. The van der Waals surface area contributed by atoms with Crippen molar-refractivity contribution < 1.29 is 9.90 Å². The van der Waals surface area contributed by atoms with Crippen molar-refractivity contribution in [3.63, 3.8) is 0 Å². The summed E-state index contributed by atoms with van der Waals surface area (Å²) in [5.41, 5.74) is 1.05. The molecule has 0 fully saturated rings. The van der Waals surface area contributed by atoms with Crippen LogP contribution in [0.25, 0.3) is 0 Å². The number of aliphatic hydroxyl groups excluding tert-OH is 1. The van der Waals surface area contributed by atoms with E-state index in [4.69, 9.17) is 5.11 Å². The van der Waals surface area contributed by atoms with Crippen molar-refractivity contribution in [2.45, 2.75) is 12.8 Å². The number of nitrogens with one attached hydrogen (secondary N) is 1. The molecule has 0 aliphatic carbocycles. The average Bonchev–Trinajstić information content (AvgIpc) is 2.25. The molecule has 0 aliphatic heterocycles. The first kappa shape index (κ1) is 10.7. The Balaban J connectivity index is 2.24. The monoisotopic (exact) mass is 194 g/mol. The summed E-state index contributed by atoms with van der Waals surface area (Å²) in [6, 6.07) is 3.79. The van der Waals surface area contributed by atoms with Gasteiger partial charge in [-0.25, -0.2) is 0 Å². The molecule has 1 amide bonds. The Labute approximate surface area is 83.0 Å². The first-order valence-electron chi connectivity index (χ1n) is 4.59. The Kier molecular flexibility index (Phi) is 4.64. The van der Waals surface area contributed by atoms with E-state index >= 15 is 0 Å². The quantitative estimate of drug-likeness (QED) is 0.700. The number of hydrogen-bond acceptors (Lipinski definition) is 3. The second-order valence-electron chi connectivity index (χ2n) is 2.93. The van der Waals surface area contributed by atoms with E-state index < -0.39 is 0 Å². The summed E-state index contributed by atoms with van der Waals surface area (Å²) in [6.45, 7) is 0.310. The Morgan fingerprint density at radius 3 is 3.07 bits per heavy atom. The van der Waals surface area contributed by atoms with Crippen molar-refractivity contribution in [2.75, 3.05) is 13.2 Å². The number of rotatable bonds is 5. The highest BCUT2D eigenvalue weighted by Crippen LogP contribution is 1.99. The molecular weight excluding hydrogens is 180 g/mol. The van der Waals surface area contributed by atoms with Crippen molar-refractivity contribution in [1.82, 2.24) is 10.3 Å². The Hall–Kier alpha value is -1.42. The maximum atomic E-state index is 11.1. The van der Waals surface area contributed by atoms with Gasteiger partial charge >= 0.3 is 0 Å². The van der Waals surface area contributed by atoms with Crippen LogP contribution in [0.4, 0.5) is 0 Å². The summed E-state index contributed by atoms with van der Waals surface area (Å²) < 4.78 is 0. The maximum Gasteiger partial charge on any atom is 0.220 e. The molecule has 4 heteroatoms. The van der Waals surface area contributed by atoms with Crippen LogP contribution in [-0.2, 0) is 11.2 Å². The van der Waals surface area contributed by atoms with Crippen molar-refractivity contribution >= 4 is 5.91 Å². The van der Waals surface area contributed by atoms with Gasteiger partial charge in [0.15, 0.2) is 0 Å².